The number of nitrogens with zero attached hydrogens (tertiary/aromatic N) is 1. The van der Waals surface area contributed by atoms with Gasteiger partial charge >= 0.3 is 6.03 Å². The second kappa shape index (κ2) is 8.13. The fraction of sp³-hybridized carbons (Fsp3) is 0.217. The molecule has 0 unspecified atom stereocenters. The van der Waals surface area contributed by atoms with E-state index in [0.717, 1.165) is 48.0 Å². The van der Waals surface area contributed by atoms with Gasteiger partial charge in [-0.15, -0.1) is 0 Å². The normalized spacial score (nSPS) is 13.5. The number of benzene rings is 3. The Morgan fingerprint density at radius 1 is 0.893 bits per heavy atom. The highest BCUT2D eigenvalue weighted by Gasteiger charge is 2.17. The average molecular weight is 373 g/mol. The number of anilines is 1. The van der Waals surface area contributed by atoms with Gasteiger partial charge in [-0.05, 0) is 47.4 Å². The lowest BCUT2D eigenvalue weighted by molar-refractivity contribution is 0.0952. The molecule has 4 rings (SSSR count). The first-order valence-corrected chi connectivity index (χ1v) is 9.61. The molecule has 5 nitrogen and oxygen atoms in total. The maximum absolute atomic E-state index is 12.7. The van der Waals surface area contributed by atoms with E-state index < -0.39 is 0 Å². The Bertz CT molecular complexity index is 1000. The Morgan fingerprint density at radius 2 is 1.64 bits per heavy atom. The molecule has 1 heterocycles. The van der Waals surface area contributed by atoms with Crippen LogP contribution in [0.25, 0.3) is 10.8 Å². The number of nitrogens with one attached hydrogen (secondary N) is 2. The fourth-order valence-electron chi connectivity index (χ4n) is 3.58. The molecular formula is C23H23N3O2. The van der Waals surface area contributed by atoms with E-state index in [1.165, 1.54) is 0 Å². The molecule has 0 saturated carbocycles. The summed E-state index contributed by atoms with van der Waals surface area (Å²) in [5, 5.41) is 7.91. The number of hydrogen-bond acceptors (Lipinski definition) is 2. The first-order valence-electron chi connectivity index (χ1n) is 9.61. The fourth-order valence-corrected chi connectivity index (χ4v) is 3.58. The van der Waals surface area contributed by atoms with Crippen molar-refractivity contribution in [2.75, 3.05) is 18.4 Å². The minimum absolute atomic E-state index is 0.0607. The van der Waals surface area contributed by atoms with Crippen LogP contribution in [0.5, 0.6) is 0 Å². The van der Waals surface area contributed by atoms with Crippen molar-refractivity contribution in [1.29, 1.82) is 0 Å². The minimum atomic E-state index is -0.108. The van der Waals surface area contributed by atoms with Gasteiger partial charge in [-0.1, -0.05) is 48.5 Å². The van der Waals surface area contributed by atoms with E-state index in [1.54, 1.807) is 0 Å². The predicted molar refractivity (Wildman–Crippen MR) is 111 cm³/mol. The second-order valence-electron chi connectivity index (χ2n) is 7.03. The van der Waals surface area contributed by atoms with Gasteiger partial charge in [0, 0.05) is 30.9 Å². The van der Waals surface area contributed by atoms with Gasteiger partial charge in [0.2, 0.25) is 0 Å². The van der Waals surface area contributed by atoms with E-state index in [9.17, 15) is 9.59 Å². The highest BCUT2D eigenvalue weighted by atomic mass is 16.2. The highest BCUT2D eigenvalue weighted by molar-refractivity contribution is 6.07. The van der Waals surface area contributed by atoms with Gasteiger partial charge in [0.25, 0.3) is 5.91 Å². The van der Waals surface area contributed by atoms with Crippen molar-refractivity contribution in [2.45, 2.75) is 19.4 Å². The molecule has 28 heavy (non-hydrogen) atoms. The molecule has 0 bridgehead atoms. The highest BCUT2D eigenvalue weighted by Crippen LogP contribution is 2.19. The van der Waals surface area contributed by atoms with Crippen LogP contribution in [0.3, 0.4) is 0 Å². The summed E-state index contributed by atoms with van der Waals surface area (Å²) in [6.45, 7) is 2.02. The zero-order chi connectivity index (χ0) is 19.3. The number of carbonyl (C=O) groups excluding carboxylic acids is 2. The summed E-state index contributed by atoms with van der Waals surface area (Å²) in [6, 6.07) is 21.1. The smallest absolute Gasteiger partial charge is 0.321 e. The van der Waals surface area contributed by atoms with Crippen LogP contribution in [-0.4, -0.2) is 29.9 Å². The van der Waals surface area contributed by atoms with Crippen LogP contribution in [-0.2, 0) is 6.54 Å². The van der Waals surface area contributed by atoms with E-state index in [-0.39, 0.29) is 11.9 Å². The monoisotopic (exact) mass is 373 g/mol. The van der Waals surface area contributed by atoms with Gasteiger partial charge in [0.15, 0.2) is 0 Å². The summed E-state index contributed by atoms with van der Waals surface area (Å²) < 4.78 is 0. The van der Waals surface area contributed by atoms with E-state index in [1.807, 2.05) is 71.6 Å². The topological polar surface area (TPSA) is 61.4 Å². The summed E-state index contributed by atoms with van der Waals surface area (Å²) in [7, 11) is 0. The zero-order valence-electron chi connectivity index (χ0n) is 15.7. The van der Waals surface area contributed by atoms with Crippen molar-refractivity contribution >= 4 is 28.4 Å². The van der Waals surface area contributed by atoms with Crippen LogP contribution in [0.2, 0.25) is 0 Å². The number of urea groups is 1. The number of hydrogen-bond donors (Lipinski definition) is 2. The van der Waals surface area contributed by atoms with E-state index >= 15 is 0 Å². The van der Waals surface area contributed by atoms with Crippen molar-refractivity contribution in [2.24, 2.45) is 0 Å². The quantitative estimate of drug-likeness (QED) is 0.712. The number of amides is 3. The molecule has 0 spiro atoms. The summed E-state index contributed by atoms with van der Waals surface area (Å²) in [4.78, 5) is 26.8. The van der Waals surface area contributed by atoms with E-state index in [2.05, 4.69) is 10.6 Å². The third-order valence-electron chi connectivity index (χ3n) is 5.06. The van der Waals surface area contributed by atoms with Gasteiger partial charge in [0.1, 0.15) is 0 Å². The van der Waals surface area contributed by atoms with Crippen molar-refractivity contribution in [3.05, 3.63) is 77.9 Å². The lowest BCUT2D eigenvalue weighted by Crippen LogP contribution is -2.32. The van der Waals surface area contributed by atoms with Gasteiger partial charge in [-0.25, -0.2) is 4.79 Å². The van der Waals surface area contributed by atoms with Crippen LogP contribution in [0.4, 0.5) is 10.5 Å². The molecular weight excluding hydrogens is 350 g/mol. The van der Waals surface area contributed by atoms with Crippen molar-refractivity contribution < 1.29 is 9.59 Å². The van der Waals surface area contributed by atoms with Gasteiger partial charge in [0.05, 0.1) is 0 Å². The molecule has 5 heteroatoms. The molecule has 0 radical (unpaired) electrons. The standard InChI is InChI=1S/C23H23N3O2/c27-22(21-12-6-9-18-8-1-2-11-20(18)21)24-16-17-7-5-10-19(15-17)25-23(28)26-13-3-4-14-26/h1-2,5-12,15H,3-4,13-14,16H2,(H,24,27)(H,25,28). The SMILES string of the molecule is O=C(NCc1cccc(NC(=O)N2CCCC2)c1)c1cccc2ccccc12. The Kier molecular flexibility index (Phi) is 5.24. The molecule has 0 aliphatic carbocycles. The predicted octanol–water partition coefficient (Wildman–Crippen LogP) is 4.40. The summed E-state index contributed by atoms with van der Waals surface area (Å²) in [5.74, 6) is -0.108. The van der Waals surface area contributed by atoms with Gasteiger partial charge in [-0.3, -0.25) is 4.79 Å². The second-order valence-corrected chi connectivity index (χ2v) is 7.03. The van der Waals surface area contributed by atoms with E-state index in [0.29, 0.717) is 12.1 Å². The Morgan fingerprint density at radius 3 is 2.50 bits per heavy atom. The molecule has 0 atom stereocenters. The summed E-state index contributed by atoms with van der Waals surface area (Å²) >= 11 is 0. The van der Waals surface area contributed by atoms with Crippen molar-refractivity contribution in [1.82, 2.24) is 10.2 Å². The molecule has 3 aromatic carbocycles. The van der Waals surface area contributed by atoms with Crippen molar-refractivity contribution in [3.63, 3.8) is 0 Å². The summed E-state index contributed by atoms with van der Waals surface area (Å²) in [5.41, 5.74) is 2.35. The van der Waals surface area contributed by atoms with Crippen LogP contribution < -0.4 is 10.6 Å². The molecule has 0 aromatic heterocycles. The number of likely N-dealkylation sites (tertiary alicyclic amines) is 1. The van der Waals surface area contributed by atoms with Crippen LogP contribution >= 0.6 is 0 Å². The molecule has 1 aliphatic rings. The molecule has 1 aliphatic heterocycles. The summed E-state index contributed by atoms with van der Waals surface area (Å²) in [6.07, 6.45) is 2.13. The van der Waals surface area contributed by atoms with E-state index in [4.69, 9.17) is 0 Å². The maximum atomic E-state index is 12.7. The molecule has 3 aromatic rings. The molecule has 2 N–H and O–H groups in total. The Hall–Kier alpha value is -3.34. The van der Waals surface area contributed by atoms with Crippen LogP contribution in [0.15, 0.2) is 66.7 Å². The largest absolute Gasteiger partial charge is 0.348 e. The third kappa shape index (κ3) is 3.98. The zero-order valence-corrected chi connectivity index (χ0v) is 15.7. The molecule has 3 amide bonds. The third-order valence-corrected chi connectivity index (χ3v) is 5.06. The number of rotatable bonds is 4. The molecule has 142 valence electrons. The number of fused-ring (bicyclic) bond motifs is 1. The van der Waals surface area contributed by atoms with Gasteiger partial charge in [-0.2, -0.15) is 0 Å². The molecule has 1 saturated heterocycles. The first kappa shape index (κ1) is 18.0. The van der Waals surface area contributed by atoms with Crippen LogP contribution in [0, 0.1) is 0 Å². The van der Waals surface area contributed by atoms with Crippen LogP contribution in [0.1, 0.15) is 28.8 Å². The number of carbonyl (C=O) groups is 2. The lowest BCUT2D eigenvalue weighted by atomic mass is 10.0. The Labute approximate surface area is 164 Å². The average Bonchev–Trinajstić information content (AvgIpc) is 3.27. The minimum Gasteiger partial charge on any atom is -0.348 e. The Balaban J connectivity index is 1.42. The maximum Gasteiger partial charge on any atom is 0.321 e. The lowest BCUT2D eigenvalue weighted by Gasteiger charge is -2.16. The van der Waals surface area contributed by atoms with Crippen molar-refractivity contribution in [3.8, 4) is 0 Å². The first-order chi connectivity index (χ1) is 13.7. The molecule has 1 fully saturated rings. The van der Waals surface area contributed by atoms with Gasteiger partial charge < -0.3 is 15.5 Å².